The number of alkyl halides is 2. The van der Waals surface area contributed by atoms with Gasteiger partial charge in [0.15, 0.2) is 0 Å². The van der Waals surface area contributed by atoms with Crippen molar-refractivity contribution in [2.45, 2.75) is 56.4 Å². The van der Waals surface area contributed by atoms with Gasteiger partial charge in [0.05, 0.1) is 34.7 Å². The van der Waals surface area contributed by atoms with Gasteiger partial charge in [0.2, 0.25) is 5.92 Å². The van der Waals surface area contributed by atoms with Crippen LogP contribution in [0.25, 0.3) is 22.3 Å². The molecule has 2 aliphatic rings. The van der Waals surface area contributed by atoms with Crippen molar-refractivity contribution in [3.8, 4) is 17.3 Å². The highest BCUT2D eigenvalue weighted by atomic mass is 19.3. The average molecular weight is 471 g/mol. The number of rotatable bonds is 5. The minimum Gasteiger partial charge on any atom is -0.327 e. The third-order valence-corrected chi connectivity index (χ3v) is 6.99. The molecule has 6 rings (SSSR count). The second-order valence-electron chi connectivity index (χ2n) is 9.55. The molecule has 0 saturated heterocycles. The summed E-state index contributed by atoms with van der Waals surface area (Å²) in [6.07, 6.45) is 6.41. The van der Waals surface area contributed by atoms with Gasteiger partial charge in [0.1, 0.15) is 11.6 Å². The fourth-order valence-electron chi connectivity index (χ4n) is 4.90. The summed E-state index contributed by atoms with van der Waals surface area (Å²) in [6.45, 7) is 0. The first kappa shape index (κ1) is 21.7. The molecule has 2 fully saturated rings. The van der Waals surface area contributed by atoms with Crippen LogP contribution in [0.1, 0.15) is 61.6 Å². The molecule has 0 radical (unpaired) electrons. The van der Waals surface area contributed by atoms with E-state index in [-0.39, 0.29) is 18.9 Å². The van der Waals surface area contributed by atoms with Crippen molar-refractivity contribution in [2.24, 2.45) is 0 Å². The van der Waals surface area contributed by atoms with Crippen LogP contribution >= 0.6 is 0 Å². The van der Waals surface area contributed by atoms with Crippen LogP contribution in [0.3, 0.4) is 0 Å². The lowest BCUT2D eigenvalue weighted by Crippen LogP contribution is -2.26. The van der Waals surface area contributed by atoms with E-state index in [9.17, 15) is 14.0 Å². The van der Waals surface area contributed by atoms with Crippen LogP contribution in [0.5, 0.6) is 0 Å². The van der Waals surface area contributed by atoms with Gasteiger partial charge in [-0.25, -0.2) is 23.7 Å². The van der Waals surface area contributed by atoms with E-state index < -0.39 is 5.92 Å². The van der Waals surface area contributed by atoms with Gasteiger partial charge < -0.3 is 9.88 Å². The lowest BCUT2D eigenvalue weighted by molar-refractivity contribution is -0.0436. The summed E-state index contributed by atoms with van der Waals surface area (Å²) in [6, 6.07) is 15.7. The van der Waals surface area contributed by atoms with Crippen LogP contribution in [0, 0.1) is 11.3 Å². The molecule has 8 heteroatoms. The number of imidazole rings is 1. The lowest BCUT2D eigenvalue weighted by Gasteiger charge is -2.29. The smallest absolute Gasteiger partial charge is 0.248 e. The molecule has 0 atom stereocenters. The van der Waals surface area contributed by atoms with E-state index in [4.69, 9.17) is 4.98 Å². The van der Waals surface area contributed by atoms with Crippen molar-refractivity contribution in [1.29, 1.82) is 5.26 Å². The van der Waals surface area contributed by atoms with Gasteiger partial charge in [-0.2, -0.15) is 5.26 Å². The maximum Gasteiger partial charge on any atom is 0.248 e. The van der Waals surface area contributed by atoms with Crippen molar-refractivity contribution in [3.63, 3.8) is 0 Å². The van der Waals surface area contributed by atoms with Gasteiger partial charge in [0.25, 0.3) is 0 Å². The van der Waals surface area contributed by atoms with Crippen molar-refractivity contribution in [3.05, 3.63) is 66.1 Å². The van der Waals surface area contributed by atoms with Crippen LogP contribution in [-0.2, 0) is 0 Å². The van der Waals surface area contributed by atoms with Crippen molar-refractivity contribution < 1.29 is 8.78 Å². The van der Waals surface area contributed by atoms with Crippen LogP contribution < -0.4 is 5.32 Å². The Hall–Kier alpha value is -3.86. The number of nitrogens with zero attached hydrogens (tertiary/aromatic N) is 5. The van der Waals surface area contributed by atoms with Crippen LogP contribution in [-0.4, -0.2) is 25.4 Å². The molecule has 1 N–H and O–H groups in total. The summed E-state index contributed by atoms with van der Waals surface area (Å²) < 4.78 is 29.5. The Morgan fingerprint density at radius 2 is 1.80 bits per heavy atom. The van der Waals surface area contributed by atoms with Crippen LogP contribution in [0.4, 0.5) is 20.4 Å². The minimum atomic E-state index is -2.56. The Morgan fingerprint density at radius 3 is 2.57 bits per heavy atom. The molecule has 3 aromatic heterocycles. The lowest BCUT2D eigenvalue weighted by atomic mass is 9.92. The molecule has 6 nitrogen and oxygen atoms in total. The van der Waals surface area contributed by atoms with Gasteiger partial charge in [0, 0.05) is 30.6 Å². The largest absolute Gasteiger partial charge is 0.327 e. The Kier molecular flexibility index (Phi) is 5.21. The van der Waals surface area contributed by atoms with Gasteiger partial charge in [-0.15, -0.1) is 0 Å². The topological polar surface area (TPSA) is 79.4 Å². The number of aromatic nitrogens is 4. The van der Waals surface area contributed by atoms with Crippen molar-refractivity contribution in [2.75, 3.05) is 5.32 Å². The summed E-state index contributed by atoms with van der Waals surface area (Å²) in [5.74, 6) is -0.794. The summed E-state index contributed by atoms with van der Waals surface area (Å²) in [5, 5.41) is 12.4. The molecule has 0 amide bonds. The maximum absolute atomic E-state index is 13.7. The summed E-state index contributed by atoms with van der Waals surface area (Å²) >= 11 is 0. The number of benzene rings is 1. The molecule has 1 aromatic carbocycles. The SMILES string of the molecule is N#Cc1ccnc(Nc2cc(C3CC3)cc(-c3ccc4ncn(C5CCC(F)(F)CC5)c4c3)n2)c1. The average Bonchev–Trinajstić information content (AvgIpc) is 3.64. The monoisotopic (exact) mass is 470 g/mol. The first-order chi connectivity index (χ1) is 17.0. The number of fused-ring (bicyclic) bond motifs is 1. The number of halogens is 2. The van der Waals surface area contributed by atoms with Gasteiger partial charge in [-0.1, -0.05) is 6.07 Å². The molecule has 35 heavy (non-hydrogen) atoms. The highest BCUT2D eigenvalue weighted by Crippen LogP contribution is 2.43. The van der Waals surface area contributed by atoms with E-state index in [1.807, 2.05) is 18.2 Å². The summed E-state index contributed by atoms with van der Waals surface area (Å²) in [4.78, 5) is 13.7. The van der Waals surface area contributed by atoms with E-state index in [1.165, 1.54) is 5.56 Å². The van der Waals surface area contributed by atoms with E-state index in [1.54, 1.807) is 24.7 Å². The number of nitriles is 1. The second kappa shape index (κ2) is 8.42. The maximum atomic E-state index is 13.7. The number of anilines is 2. The molecule has 0 spiro atoms. The highest BCUT2D eigenvalue weighted by Gasteiger charge is 2.35. The molecular formula is C27H24F2N6. The van der Waals surface area contributed by atoms with Crippen molar-refractivity contribution in [1.82, 2.24) is 19.5 Å². The van der Waals surface area contributed by atoms with Gasteiger partial charge >= 0.3 is 0 Å². The molecule has 2 aliphatic carbocycles. The molecule has 176 valence electrons. The predicted molar refractivity (Wildman–Crippen MR) is 130 cm³/mol. The predicted octanol–water partition coefficient (Wildman–Crippen LogP) is 6.74. The second-order valence-corrected chi connectivity index (χ2v) is 9.55. The van der Waals surface area contributed by atoms with Gasteiger partial charge in [-0.3, -0.25) is 0 Å². The fourth-order valence-corrected chi connectivity index (χ4v) is 4.90. The Bertz CT molecular complexity index is 1440. The number of hydrogen-bond acceptors (Lipinski definition) is 5. The molecular weight excluding hydrogens is 446 g/mol. The minimum absolute atomic E-state index is 0.0244. The highest BCUT2D eigenvalue weighted by molar-refractivity contribution is 5.82. The van der Waals surface area contributed by atoms with E-state index in [2.05, 4.69) is 38.1 Å². The third kappa shape index (κ3) is 4.46. The molecule has 0 unspecified atom stereocenters. The van der Waals surface area contributed by atoms with Crippen molar-refractivity contribution >= 4 is 22.7 Å². The fraction of sp³-hybridized carbons (Fsp3) is 0.333. The molecule has 3 heterocycles. The first-order valence-corrected chi connectivity index (χ1v) is 12.0. The molecule has 2 saturated carbocycles. The van der Waals surface area contributed by atoms with E-state index in [0.29, 0.717) is 36.0 Å². The zero-order valence-electron chi connectivity index (χ0n) is 19.1. The van der Waals surface area contributed by atoms with Gasteiger partial charge in [-0.05, 0) is 73.6 Å². The van der Waals surface area contributed by atoms with Crippen LogP contribution in [0.2, 0.25) is 0 Å². The quantitative estimate of drug-likeness (QED) is 0.350. The first-order valence-electron chi connectivity index (χ1n) is 12.0. The Morgan fingerprint density at radius 1 is 0.971 bits per heavy atom. The van der Waals surface area contributed by atoms with E-state index in [0.717, 1.165) is 35.1 Å². The number of hydrogen-bond donors (Lipinski definition) is 1. The molecule has 4 aromatic rings. The summed E-state index contributed by atoms with van der Waals surface area (Å²) in [7, 11) is 0. The third-order valence-electron chi connectivity index (χ3n) is 6.99. The number of pyridine rings is 2. The zero-order chi connectivity index (χ0) is 24.0. The normalized spacial score (nSPS) is 17.9. The number of nitrogens with one attached hydrogen (secondary N) is 1. The molecule has 0 bridgehead atoms. The Balaban J connectivity index is 1.36. The zero-order valence-corrected chi connectivity index (χ0v) is 19.1. The van der Waals surface area contributed by atoms with E-state index >= 15 is 0 Å². The molecule has 0 aliphatic heterocycles. The Labute approximate surface area is 201 Å². The van der Waals surface area contributed by atoms with Crippen LogP contribution in [0.15, 0.2) is 55.0 Å². The summed E-state index contributed by atoms with van der Waals surface area (Å²) in [5.41, 5.74) is 5.31. The standard InChI is InChI=1S/C27H24F2N6/c28-27(29)8-5-21(6-9-27)35-16-32-22-4-3-19(13-24(22)35)23-12-20(18-1-2-18)14-26(33-23)34-25-11-17(15-30)7-10-31-25/h3-4,7,10-14,16,18,21H,1-2,5-6,8-9H2,(H,31,33,34).